The molecule has 1 saturated heterocycles. The van der Waals surface area contributed by atoms with Crippen LogP contribution in [0.5, 0.6) is 0 Å². The van der Waals surface area contributed by atoms with Gasteiger partial charge in [0.2, 0.25) is 0 Å². The molecule has 0 aromatic heterocycles. The first-order valence-electron chi connectivity index (χ1n) is 9.72. The number of alkyl halides is 6. The number of hydrogen-bond donors (Lipinski definition) is 2. The van der Waals surface area contributed by atoms with Crippen molar-refractivity contribution in [2.75, 3.05) is 51.2 Å². The van der Waals surface area contributed by atoms with Gasteiger partial charge in [0.1, 0.15) is 0 Å². The second-order valence-electron chi connectivity index (χ2n) is 7.12. The first kappa shape index (κ1) is 24.1. The number of benzene rings is 1. The summed E-state index contributed by atoms with van der Waals surface area (Å²) in [4.78, 5) is 8.36. The summed E-state index contributed by atoms with van der Waals surface area (Å²) < 4.78 is 76.7. The number of likely N-dealkylation sites (N-methyl/N-ethyl adjacent to an activating group) is 1. The maximum absolute atomic E-state index is 13.2. The van der Waals surface area contributed by atoms with Gasteiger partial charge in [-0.25, -0.2) is 4.99 Å². The van der Waals surface area contributed by atoms with Gasteiger partial charge < -0.3 is 20.4 Å². The topological polar surface area (TPSA) is 42.9 Å². The first-order chi connectivity index (χ1) is 14.0. The molecule has 170 valence electrons. The quantitative estimate of drug-likeness (QED) is 0.405. The van der Waals surface area contributed by atoms with E-state index in [4.69, 9.17) is 0 Å². The van der Waals surface area contributed by atoms with Gasteiger partial charge in [-0.1, -0.05) is 0 Å². The summed E-state index contributed by atoms with van der Waals surface area (Å²) in [7, 11) is 1.98. The van der Waals surface area contributed by atoms with E-state index in [9.17, 15) is 26.3 Å². The minimum atomic E-state index is -4.49. The molecule has 0 amide bonds. The molecule has 0 saturated carbocycles. The summed E-state index contributed by atoms with van der Waals surface area (Å²) in [5.74, 6) is 0.128. The van der Waals surface area contributed by atoms with Crippen LogP contribution in [0, 0.1) is 0 Å². The third-order valence-electron chi connectivity index (χ3n) is 4.70. The molecule has 11 heteroatoms. The zero-order valence-corrected chi connectivity index (χ0v) is 17.0. The predicted octanol–water partition coefficient (Wildman–Crippen LogP) is 3.46. The van der Waals surface area contributed by atoms with Crippen LogP contribution in [0.25, 0.3) is 0 Å². The highest BCUT2D eigenvalue weighted by Crippen LogP contribution is 2.33. The molecule has 0 atom stereocenters. The van der Waals surface area contributed by atoms with Crippen LogP contribution in [0.2, 0.25) is 0 Å². The molecule has 1 aliphatic heterocycles. The van der Waals surface area contributed by atoms with E-state index in [1.165, 1.54) is 6.07 Å². The summed E-state index contributed by atoms with van der Waals surface area (Å²) in [6.07, 6.45) is -9.83. The van der Waals surface area contributed by atoms with E-state index in [1.54, 1.807) is 6.92 Å². The summed E-state index contributed by atoms with van der Waals surface area (Å²) in [6, 6.07) is 3.56. The summed E-state index contributed by atoms with van der Waals surface area (Å²) >= 11 is 0. The monoisotopic (exact) mass is 439 g/mol. The lowest BCUT2D eigenvalue weighted by molar-refractivity contribution is -0.137. The van der Waals surface area contributed by atoms with Gasteiger partial charge >= 0.3 is 12.4 Å². The van der Waals surface area contributed by atoms with Crippen molar-refractivity contribution in [2.45, 2.75) is 32.2 Å². The third-order valence-corrected chi connectivity index (χ3v) is 4.70. The Kier molecular flexibility index (Phi) is 8.22. The van der Waals surface area contributed by atoms with Crippen LogP contribution in [0.15, 0.2) is 23.2 Å². The van der Waals surface area contributed by atoms with Crippen molar-refractivity contribution >= 4 is 11.6 Å². The fourth-order valence-electron chi connectivity index (χ4n) is 3.07. The van der Waals surface area contributed by atoms with E-state index in [1.807, 2.05) is 11.9 Å². The second-order valence-corrected chi connectivity index (χ2v) is 7.12. The van der Waals surface area contributed by atoms with E-state index in [0.29, 0.717) is 30.9 Å². The molecule has 0 unspecified atom stereocenters. The molecule has 1 fully saturated rings. The number of nitrogens with one attached hydrogen (secondary N) is 2. The van der Waals surface area contributed by atoms with Crippen LogP contribution in [0.4, 0.5) is 32.0 Å². The van der Waals surface area contributed by atoms with Gasteiger partial charge in [0.15, 0.2) is 5.96 Å². The predicted molar refractivity (Wildman–Crippen MR) is 105 cm³/mol. The zero-order chi connectivity index (χ0) is 22.4. The Hall–Kier alpha value is -2.17. The molecule has 2 rings (SSSR count). The molecule has 1 aromatic carbocycles. The lowest BCUT2D eigenvalue weighted by atomic mass is 10.1. The van der Waals surface area contributed by atoms with Gasteiger partial charge in [-0.3, -0.25) is 0 Å². The molecule has 1 aromatic rings. The molecule has 5 nitrogen and oxygen atoms in total. The van der Waals surface area contributed by atoms with Crippen LogP contribution in [0.1, 0.15) is 24.5 Å². The number of nitrogens with zero attached hydrogens (tertiary/aromatic N) is 3. The Morgan fingerprint density at radius 1 is 1.03 bits per heavy atom. The van der Waals surface area contributed by atoms with Gasteiger partial charge in [-0.2, -0.15) is 26.3 Å². The minimum Gasteiger partial charge on any atom is -0.369 e. The van der Waals surface area contributed by atoms with E-state index >= 15 is 0 Å². The third kappa shape index (κ3) is 7.58. The van der Waals surface area contributed by atoms with Crippen LogP contribution in [-0.4, -0.2) is 63.4 Å². The van der Waals surface area contributed by atoms with Gasteiger partial charge in [-0.15, -0.1) is 0 Å². The Bertz CT molecular complexity index is 708. The lowest BCUT2D eigenvalue weighted by Gasteiger charge is -2.35. The second kappa shape index (κ2) is 10.2. The van der Waals surface area contributed by atoms with Gasteiger partial charge in [0.05, 0.1) is 18.5 Å². The van der Waals surface area contributed by atoms with E-state index in [0.717, 1.165) is 25.2 Å². The number of anilines is 1. The molecule has 0 aliphatic carbocycles. The molecule has 0 spiro atoms. The van der Waals surface area contributed by atoms with E-state index in [-0.39, 0.29) is 19.0 Å². The average molecular weight is 439 g/mol. The zero-order valence-electron chi connectivity index (χ0n) is 17.0. The number of hydrogen-bond acceptors (Lipinski definition) is 3. The van der Waals surface area contributed by atoms with E-state index in [2.05, 4.69) is 20.5 Å². The van der Waals surface area contributed by atoms with Gasteiger partial charge in [0.25, 0.3) is 0 Å². The lowest BCUT2D eigenvalue weighted by Crippen LogP contribution is -2.44. The highest BCUT2D eigenvalue weighted by atomic mass is 19.4. The van der Waals surface area contributed by atoms with E-state index < -0.39 is 24.3 Å². The highest BCUT2D eigenvalue weighted by molar-refractivity contribution is 5.79. The van der Waals surface area contributed by atoms with Crippen LogP contribution >= 0.6 is 0 Å². The number of rotatable bonds is 6. The summed E-state index contributed by atoms with van der Waals surface area (Å²) in [5, 5.41) is 5.39. The largest absolute Gasteiger partial charge is 0.416 e. The molecule has 30 heavy (non-hydrogen) atoms. The fraction of sp³-hybridized carbons (Fsp3) is 0.632. The molecule has 0 radical (unpaired) electrons. The molecular formula is C19H27F6N5. The number of piperazine rings is 1. The normalized spacial score (nSPS) is 16.7. The molecular weight excluding hydrogens is 412 g/mol. The Morgan fingerprint density at radius 3 is 2.27 bits per heavy atom. The van der Waals surface area contributed by atoms with Crippen molar-refractivity contribution in [1.29, 1.82) is 0 Å². The molecule has 1 heterocycles. The average Bonchev–Trinajstić information content (AvgIpc) is 2.65. The smallest absolute Gasteiger partial charge is 0.369 e. The van der Waals surface area contributed by atoms with Crippen molar-refractivity contribution in [3.8, 4) is 0 Å². The number of guanidine groups is 1. The van der Waals surface area contributed by atoms with Crippen molar-refractivity contribution in [1.82, 2.24) is 15.5 Å². The maximum atomic E-state index is 13.2. The van der Waals surface area contributed by atoms with Crippen molar-refractivity contribution < 1.29 is 26.3 Å². The highest BCUT2D eigenvalue weighted by Gasteiger charge is 2.31. The minimum absolute atomic E-state index is 0.0903. The molecule has 0 bridgehead atoms. The van der Waals surface area contributed by atoms with Crippen molar-refractivity contribution in [3.05, 3.63) is 29.3 Å². The number of halogens is 6. The number of aliphatic imine (C=N–C) groups is 1. The van der Waals surface area contributed by atoms with Crippen LogP contribution in [-0.2, 0) is 12.7 Å². The van der Waals surface area contributed by atoms with Gasteiger partial charge in [-0.05, 0) is 37.7 Å². The van der Waals surface area contributed by atoms with Crippen molar-refractivity contribution in [2.24, 2.45) is 4.99 Å². The van der Waals surface area contributed by atoms with Crippen molar-refractivity contribution in [3.63, 3.8) is 0 Å². The molecule has 2 N–H and O–H groups in total. The Balaban J connectivity index is 2.23. The Labute approximate surface area is 172 Å². The molecule has 1 aliphatic rings. The SMILES string of the molecule is CCNC(=NCc1cc(C(F)(F)F)ccc1N1CCN(C)CC1)NCCC(F)(F)F. The summed E-state index contributed by atoms with van der Waals surface area (Å²) in [6.45, 7) is 4.60. The first-order valence-corrected chi connectivity index (χ1v) is 9.72. The fourth-order valence-corrected chi connectivity index (χ4v) is 3.07. The van der Waals surface area contributed by atoms with Gasteiger partial charge in [0, 0.05) is 45.0 Å². The maximum Gasteiger partial charge on any atom is 0.416 e. The van der Waals surface area contributed by atoms with Crippen LogP contribution in [0.3, 0.4) is 0 Å². The van der Waals surface area contributed by atoms with Crippen LogP contribution < -0.4 is 15.5 Å². The Morgan fingerprint density at radius 2 is 1.70 bits per heavy atom. The summed E-state index contributed by atoms with van der Waals surface area (Å²) in [5.41, 5.74) is 0.258. The standard InChI is InChI=1S/C19H27F6N5/c1-3-26-17(27-7-6-18(20,21)22)28-13-14-12-15(19(23,24)25)4-5-16(14)30-10-8-29(2)9-11-30/h4-5,12H,3,6-11,13H2,1-2H3,(H2,26,27,28).